The Balaban J connectivity index is 2.00. The predicted octanol–water partition coefficient (Wildman–Crippen LogP) is 4.13. The molecule has 3 rings (SSSR count). The van der Waals surface area contributed by atoms with Gasteiger partial charge in [-0.05, 0) is 18.1 Å². The van der Waals surface area contributed by atoms with Gasteiger partial charge in [-0.2, -0.15) is 5.10 Å². The molecular weight excluding hydrogens is 415 g/mol. The molecule has 29 heavy (non-hydrogen) atoms. The normalized spacial score (nSPS) is 14.4. The van der Waals surface area contributed by atoms with Gasteiger partial charge < -0.3 is 4.74 Å². The molecule has 0 saturated heterocycles. The Kier molecular flexibility index (Phi) is 5.82. The van der Waals surface area contributed by atoms with E-state index in [0.717, 1.165) is 0 Å². The van der Waals surface area contributed by atoms with Crippen LogP contribution in [0.2, 0.25) is 10.0 Å². The third-order valence-electron chi connectivity index (χ3n) is 4.51. The standard InChI is InChI=1S/C20H20Cl2N4O3/c1-10(2)13-9-17(23-26(5)20(13)28)29-19-14(21)7-12(8-15(19)22)18-16(27)6-11(3)25(4)24-18/h7-10H,3,6H2,1-2,4-5H3. The van der Waals surface area contributed by atoms with Gasteiger partial charge in [0.15, 0.2) is 11.5 Å². The average Bonchev–Trinajstić information content (AvgIpc) is 2.63. The van der Waals surface area contributed by atoms with Gasteiger partial charge in [0.1, 0.15) is 5.71 Å². The second-order valence-electron chi connectivity index (χ2n) is 7.03. The van der Waals surface area contributed by atoms with Crippen LogP contribution in [0, 0.1) is 0 Å². The van der Waals surface area contributed by atoms with Crippen molar-refractivity contribution in [1.82, 2.24) is 14.8 Å². The first-order valence-corrected chi connectivity index (χ1v) is 9.63. The Morgan fingerprint density at radius 2 is 1.76 bits per heavy atom. The third kappa shape index (κ3) is 4.21. The van der Waals surface area contributed by atoms with Crippen molar-refractivity contribution in [2.45, 2.75) is 26.2 Å². The van der Waals surface area contributed by atoms with Gasteiger partial charge >= 0.3 is 0 Å². The fraction of sp³-hybridized carbons (Fsp3) is 0.300. The van der Waals surface area contributed by atoms with Gasteiger partial charge in [0.25, 0.3) is 5.56 Å². The Morgan fingerprint density at radius 3 is 2.34 bits per heavy atom. The lowest BCUT2D eigenvalue weighted by Crippen LogP contribution is -2.28. The van der Waals surface area contributed by atoms with Crippen LogP contribution < -0.4 is 10.3 Å². The summed E-state index contributed by atoms with van der Waals surface area (Å²) < 4.78 is 7.00. The molecule has 152 valence electrons. The van der Waals surface area contributed by atoms with Gasteiger partial charge in [-0.15, -0.1) is 5.10 Å². The maximum absolute atomic E-state index is 12.3. The minimum absolute atomic E-state index is 0.00515. The number of allylic oxidation sites excluding steroid dienone is 1. The van der Waals surface area contributed by atoms with Crippen LogP contribution in [0.25, 0.3) is 0 Å². The van der Waals surface area contributed by atoms with Crippen molar-refractivity contribution in [3.05, 3.63) is 62.0 Å². The molecule has 2 heterocycles. The molecule has 0 spiro atoms. The number of benzene rings is 1. The van der Waals surface area contributed by atoms with Gasteiger partial charge in [-0.1, -0.05) is 43.6 Å². The Bertz CT molecular complexity index is 1080. The lowest BCUT2D eigenvalue weighted by atomic mass is 10.0. The van der Waals surface area contributed by atoms with E-state index in [1.807, 2.05) is 13.8 Å². The first-order valence-electron chi connectivity index (χ1n) is 8.87. The highest BCUT2D eigenvalue weighted by Gasteiger charge is 2.25. The van der Waals surface area contributed by atoms with E-state index in [1.54, 1.807) is 37.3 Å². The molecular formula is C20H20Cl2N4O3. The number of hydrogen-bond donors (Lipinski definition) is 0. The van der Waals surface area contributed by atoms with Crippen LogP contribution in [0.3, 0.4) is 0 Å². The number of aryl methyl sites for hydroxylation is 1. The monoisotopic (exact) mass is 434 g/mol. The van der Waals surface area contributed by atoms with Crippen LogP contribution in [0.1, 0.15) is 37.3 Å². The Morgan fingerprint density at radius 1 is 1.14 bits per heavy atom. The summed E-state index contributed by atoms with van der Waals surface area (Å²) in [6.07, 6.45) is 0.169. The number of Topliss-reactive ketones (excluding diaryl/α,β-unsaturated/α-hetero) is 1. The van der Waals surface area contributed by atoms with Crippen molar-refractivity contribution < 1.29 is 9.53 Å². The number of aromatic nitrogens is 2. The van der Waals surface area contributed by atoms with Gasteiger partial charge in [-0.25, -0.2) is 4.68 Å². The molecule has 0 bridgehead atoms. The lowest BCUT2D eigenvalue weighted by molar-refractivity contribution is -0.113. The van der Waals surface area contributed by atoms with Crippen molar-refractivity contribution in [2.24, 2.45) is 12.1 Å². The van der Waals surface area contributed by atoms with E-state index < -0.39 is 0 Å². The molecule has 0 unspecified atom stereocenters. The number of hydrogen-bond acceptors (Lipinski definition) is 6. The number of nitrogens with zero attached hydrogens (tertiary/aromatic N) is 4. The molecule has 7 nitrogen and oxygen atoms in total. The van der Waals surface area contributed by atoms with Crippen LogP contribution in [0.5, 0.6) is 11.6 Å². The molecule has 0 radical (unpaired) electrons. The first kappa shape index (κ1) is 21.1. The van der Waals surface area contributed by atoms with E-state index in [9.17, 15) is 9.59 Å². The largest absolute Gasteiger partial charge is 0.434 e. The minimum Gasteiger partial charge on any atom is -0.434 e. The molecule has 0 atom stereocenters. The summed E-state index contributed by atoms with van der Waals surface area (Å²) in [5, 5.41) is 10.3. The topological polar surface area (TPSA) is 76.8 Å². The molecule has 0 aliphatic carbocycles. The second-order valence-corrected chi connectivity index (χ2v) is 7.85. The zero-order valence-corrected chi connectivity index (χ0v) is 18.0. The fourth-order valence-electron chi connectivity index (χ4n) is 2.84. The molecule has 0 fully saturated rings. The number of hydrazone groups is 1. The van der Waals surface area contributed by atoms with Gasteiger partial charge in [0, 0.05) is 37.0 Å². The van der Waals surface area contributed by atoms with Crippen LogP contribution >= 0.6 is 23.2 Å². The van der Waals surface area contributed by atoms with E-state index >= 15 is 0 Å². The van der Waals surface area contributed by atoms with E-state index in [2.05, 4.69) is 16.8 Å². The molecule has 9 heteroatoms. The smallest absolute Gasteiger partial charge is 0.270 e. The maximum Gasteiger partial charge on any atom is 0.270 e. The van der Waals surface area contributed by atoms with Gasteiger partial charge in [-0.3, -0.25) is 14.6 Å². The molecule has 1 aromatic heterocycles. The molecule has 1 aromatic carbocycles. The zero-order valence-electron chi connectivity index (χ0n) is 16.5. The lowest BCUT2D eigenvalue weighted by Gasteiger charge is -2.23. The molecule has 0 N–H and O–H groups in total. The van der Waals surface area contributed by atoms with Crippen LogP contribution in [-0.2, 0) is 11.8 Å². The predicted molar refractivity (Wildman–Crippen MR) is 113 cm³/mol. The second kappa shape index (κ2) is 8.00. The molecule has 2 aromatic rings. The summed E-state index contributed by atoms with van der Waals surface area (Å²) in [5.74, 6) is 0.193. The molecule has 0 saturated carbocycles. The van der Waals surface area contributed by atoms with Crippen molar-refractivity contribution in [2.75, 3.05) is 7.05 Å². The first-order chi connectivity index (χ1) is 13.6. The summed E-state index contributed by atoms with van der Waals surface area (Å²) in [4.78, 5) is 24.5. The van der Waals surface area contributed by atoms with Crippen molar-refractivity contribution >= 4 is 34.7 Å². The number of ether oxygens (including phenoxy) is 1. The highest BCUT2D eigenvalue weighted by molar-refractivity contribution is 6.48. The highest BCUT2D eigenvalue weighted by atomic mass is 35.5. The third-order valence-corrected chi connectivity index (χ3v) is 5.07. The summed E-state index contributed by atoms with van der Waals surface area (Å²) in [6, 6.07) is 4.70. The minimum atomic E-state index is -0.195. The average molecular weight is 435 g/mol. The number of ketones is 1. The number of carbonyl (C=O) groups is 1. The highest BCUT2D eigenvalue weighted by Crippen LogP contribution is 2.37. The summed E-state index contributed by atoms with van der Waals surface area (Å²) >= 11 is 12.8. The quantitative estimate of drug-likeness (QED) is 0.722. The number of halogens is 2. The van der Waals surface area contributed by atoms with Gasteiger partial charge in [0.05, 0.1) is 16.5 Å². The van der Waals surface area contributed by atoms with Crippen LogP contribution in [-0.4, -0.2) is 33.3 Å². The Labute approximate surface area is 178 Å². The Hall–Kier alpha value is -2.64. The van der Waals surface area contributed by atoms with E-state index in [4.69, 9.17) is 27.9 Å². The number of rotatable bonds is 4. The zero-order chi connectivity index (χ0) is 21.5. The van der Waals surface area contributed by atoms with E-state index in [-0.39, 0.29) is 51.1 Å². The van der Waals surface area contributed by atoms with Crippen molar-refractivity contribution in [3.8, 4) is 11.6 Å². The fourth-order valence-corrected chi connectivity index (χ4v) is 3.41. The van der Waals surface area contributed by atoms with Crippen LogP contribution in [0.4, 0.5) is 0 Å². The summed E-state index contributed by atoms with van der Waals surface area (Å²) in [5.41, 5.74) is 1.70. The molecule has 1 aliphatic rings. The van der Waals surface area contributed by atoms with Gasteiger partial charge in [0.2, 0.25) is 5.88 Å². The summed E-state index contributed by atoms with van der Waals surface area (Å²) in [6.45, 7) is 7.61. The summed E-state index contributed by atoms with van der Waals surface area (Å²) in [7, 11) is 3.26. The van der Waals surface area contributed by atoms with Crippen molar-refractivity contribution in [3.63, 3.8) is 0 Å². The van der Waals surface area contributed by atoms with Crippen LogP contribution in [0.15, 0.2) is 40.4 Å². The number of carbonyl (C=O) groups excluding carboxylic acids is 1. The van der Waals surface area contributed by atoms with Crippen molar-refractivity contribution in [1.29, 1.82) is 0 Å². The molecule has 1 aliphatic heterocycles. The molecule has 0 amide bonds. The maximum atomic E-state index is 12.3. The van der Waals surface area contributed by atoms with E-state index in [0.29, 0.717) is 16.8 Å². The SMILES string of the molecule is C=C1CC(=O)C(c2cc(Cl)c(Oc3cc(C(C)C)c(=O)n(C)n3)c(Cl)c2)=NN1C. The van der Waals surface area contributed by atoms with E-state index in [1.165, 1.54) is 4.68 Å².